The molecule has 39 heavy (non-hydrogen) atoms. The van der Waals surface area contributed by atoms with Crippen LogP contribution in [0.1, 0.15) is 64.7 Å². The summed E-state index contributed by atoms with van der Waals surface area (Å²) in [5, 5.41) is 7.30. The number of para-hydroxylation sites is 1. The quantitative estimate of drug-likeness (QED) is 0.302. The number of methoxy groups -OCH3 is 1. The SMILES string of the molecule is COc1cc(C)[nH]c(=O)c1CNC(=O)c1c(C)n(C(C)C2CCNC(c3ccccc3F)C2)c2ccccc12. The van der Waals surface area contributed by atoms with Gasteiger partial charge in [-0.3, -0.25) is 9.59 Å². The second-order valence-electron chi connectivity index (χ2n) is 10.4. The first-order chi connectivity index (χ1) is 18.8. The van der Waals surface area contributed by atoms with Gasteiger partial charge in [0, 0.05) is 39.9 Å². The van der Waals surface area contributed by atoms with E-state index in [-0.39, 0.29) is 41.8 Å². The molecule has 204 valence electrons. The number of fused-ring (bicyclic) bond motifs is 1. The number of aromatic amines is 1. The fourth-order valence-corrected chi connectivity index (χ4v) is 6.09. The zero-order chi connectivity index (χ0) is 27.7. The number of halogens is 1. The Morgan fingerprint density at radius 1 is 1.18 bits per heavy atom. The number of piperidine rings is 1. The Morgan fingerprint density at radius 3 is 2.69 bits per heavy atom. The van der Waals surface area contributed by atoms with Crippen molar-refractivity contribution >= 4 is 16.8 Å². The van der Waals surface area contributed by atoms with E-state index in [4.69, 9.17) is 4.74 Å². The van der Waals surface area contributed by atoms with E-state index in [9.17, 15) is 14.0 Å². The summed E-state index contributed by atoms with van der Waals surface area (Å²) in [4.78, 5) is 28.9. The van der Waals surface area contributed by atoms with Gasteiger partial charge in [0.25, 0.3) is 11.5 Å². The molecule has 3 heterocycles. The minimum atomic E-state index is -0.282. The molecule has 3 N–H and O–H groups in total. The molecule has 5 rings (SSSR count). The second kappa shape index (κ2) is 11.1. The highest BCUT2D eigenvalue weighted by Crippen LogP contribution is 2.38. The molecule has 1 aliphatic heterocycles. The van der Waals surface area contributed by atoms with Gasteiger partial charge in [-0.05, 0) is 64.3 Å². The van der Waals surface area contributed by atoms with Crippen molar-refractivity contribution in [3.8, 4) is 5.75 Å². The van der Waals surface area contributed by atoms with Gasteiger partial charge >= 0.3 is 0 Å². The maximum Gasteiger partial charge on any atom is 0.256 e. The number of benzene rings is 2. The smallest absolute Gasteiger partial charge is 0.256 e. The summed E-state index contributed by atoms with van der Waals surface area (Å²) < 4.78 is 22.2. The van der Waals surface area contributed by atoms with Gasteiger partial charge in [0.1, 0.15) is 11.6 Å². The summed E-state index contributed by atoms with van der Waals surface area (Å²) in [6, 6.07) is 16.7. The fraction of sp³-hybridized carbons (Fsp3) is 0.355. The Balaban J connectivity index is 1.44. The van der Waals surface area contributed by atoms with Crippen molar-refractivity contribution in [1.82, 2.24) is 20.2 Å². The molecule has 3 atom stereocenters. The predicted molar refractivity (Wildman–Crippen MR) is 151 cm³/mol. The molecular weight excluding hydrogens is 495 g/mol. The van der Waals surface area contributed by atoms with Crippen molar-refractivity contribution in [3.05, 3.63) is 98.8 Å². The van der Waals surface area contributed by atoms with Crippen molar-refractivity contribution in [1.29, 1.82) is 0 Å². The standard InChI is InChI=1S/C31H35FN4O3/c1-18-15-28(39-4)24(30(37)35-18)17-34-31(38)29-20(3)36(27-12-8-6-10-23(27)29)19(2)21-13-14-33-26(16-21)22-9-5-7-11-25(22)32/h5-12,15,19,21,26,33H,13-14,16-17H2,1-4H3,(H,34,38)(H,35,37). The van der Waals surface area contributed by atoms with Gasteiger partial charge in [-0.15, -0.1) is 0 Å². The van der Waals surface area contributed by atoms with Crippen LogP contribution in [0.5, 0.6) is 5.75 Å². The molecule has 0 bridgehead atoms. The third-order valence-electron chi connectivity index (χ3n) is 8.07. The lowest BCUT2D eigenvalue weighted by molar-refractivity contribution is 0.0951. The first-order valence-corrected chi connectivity index (χ1v) is 13.4. The zero-order valence-corrected chi connectivity index (χ0v) is 22.8. The van der Waals surface area contributed by atoms with E-state index in [0.29, 0.717) is 28.1 Å². The van der Waals surface area contributed by atoms with Crippen molar-refractivity contribution in [3.63, 3.8) is 0 Å². The molecule has 8 heteroatoms. The Bertz CT molecular complexity index is 1570. The highest BCUT2D eigenvalue weighted by atomic mass is 19.1. The molecule has 0 aliphatic carbocycles. The van der Waals surface area contributed by atoms with Crippen molar-refractivity contribution in [2.45, 2.75) is 52.2 Å². The number of rotatable bonds is 7. The molecule has 0 saturated carbocycles. The van der Waals surface area contributed by atoms with Crippen LogP contribution in [0.2, 0.25) is 0 Å². The number of carbonyl (C=O) groups is 1. The van der Waals surface area contributed by atoms with Crippen LogP contribution in [0.3, 0.4) is 0 Å². The van der Waals surface area contributed by atoms with Gasteiger partial charge in [0.15, 0.2) is 0 Å². The molecule has 1 amide bonds. The van der Waals surface area contributed by atoms with Crippen LogP contribution in [0, 0.1) is 25.6 Å². The summed E-state index contributed by atoms with van der Waals surface area (Å²) in [6.45, 7) is 6.79. The van der Waals surface area contributed by atoms with Gasteiger partial charge in [-0.2, -0.15) is 0 Å². The topological polar surface area (TPSA) is 88.2 Å². The van der Waals surface area contributed by atoms with E-state index in [1.54, 1.807) is 19.1 Å². The molecule has 2 aromatic carbocycles. The molecule has 2 aromatic heterocycles. The Labute approximate surface area is 227 Å². The van der Waals surface area contributed by atoms with Crippen LogP contribution in [0.25, 0.3) is 10.9 Å². The van der Waals surface area contributed by atoms with E-state index in [1.165, 1.54) is 13.2 Å². The third-order valence-corrected chi connectivity index (χ3v) is 8.07. The van der Waals surface area contributed by atoms with E-state index < -0.39 is 0 Å². The van der Waals surface area contributed by atoms with Crippen LogP contribution in [0.15, 0.2) is 59.4 Å². The van der Waals surface area contributed by atoms with Gasteiger partial charge in [0.05, 0.1) is 24.8 Å². The number of nitrogens with zero attached hydrogens (tertiary/aromatic N) is 1. The number of hydrogen-bond acceptors (Lipinski definition) is 4. The van der Waals surface area contributed by atoms with Gasteiger partial charge in [-0.25, -0.2) is 4.39 Å². The van der Waals surface area contributed by atoms with Crippen molar-refractivity contribution in [2.24, 2.45) is 5.92 Å². The molecule has 1 fully saturated rings. The first-order valence-electron chi connectivity index (χ1n) is 13.4. The van der Waals surface area contributed by atoms with E-state index in [0.717, 1.165) is 36.0 Å². The second-order valence-corrected chi connectivity index (χ2v) is 10.4. The lowest BCUT2D eigenvalue weighted by atomic mass is 9.84. The van der Waals surface area contributed by atoms with Crippen LogP contribution in [0.4, 0.5) is 4.39 Å². The molecule has 0 spiro atoms. The minimum absolute atomic E-state index is 0.0464. The van der Waals surface area contributed by atoms with E-state index in [2.05, 4.69) is 27.1 Å². The number of pyridine rings is 1. The summed E-state index contributed by atoms with van der Waals surface area (Å²) in [5.41, 5.74) is 3.93. The molecule has 4 aromatic rings. The fourth-order valence-electron chi connectivity index (χ4n) is 6.09. The van der Waals surface area contributed by atoms with Crippen LogP contribution < -0.4 is 20.9 Å². The van der Waals surface area contributed by atoms with E-state index in [1.807, 2.05) is 43.3 Å². The average Bonchev–Trinajstić information content (AvgIpc) is 3.23. The molecular formula is C31H35FN4O3. The lowest BCUT2D eigenvalue weighted by Gasteiger charge is -2.35. The summed E-state index contributed by atoms with van der Waals surface area (Å²) in [5.74, 6) is 0.302. The largest absolute Gasteiger partial charge is 0.496 e. The number of carbonyl (C=O) groups excluding carboxylic acids is 1. The highest BCUT2D eigenvalue weighted by molar-refractivity contribution is 6.08. The van der Waals surface area contributed by atoms with Crippen LogP contribution in [-0.4, -0.2) is 29.1 Å². The molecule has 0 radical (unpaired) electrons. The number of hydrogen-bond donors (Lipinski definition) is 3. The number of aryl methyl sites for hydroxylation is 1. The molecule has 1 aliphatic rings. The number of ether oxygens (including phenoxy) is 1. The predicted octanol–water partition coefficient (Wildman–Crippen LogP) is 5.33. The Hall–Kier alpha value is -3.91. The van der Waals surface area contributed by atoms with E-state index >= 15 is 0 Å². The van der Waals surface area contributed by atoms with Crippen molar-refractivity contribution < 1.29 is 13.9 Å². The highest BCUT2D eigenvalue weighted by Gasteiger charge is 2.31. The summed E-state index contributed by atoms with van der Waals surface area (Å²) >= 11 is 0. The summed E-state index contributed by atoms with van der Waals surface area (Å²) in [7, 11) is 1.51. The first kappa shape index (κ1) is 26.7. The monoisotopic (exact) mass is 530 g/mol. The number of aromatic nitrogens is 2. The summed E-state index contributed by atoms with van der Waals surface area (Å²) in [6.07, 6.45) is 1.75. The van der Waals surface area contributed by atoms with Crippen LogP contribution >= 0.6 is 0 Å². The normalized spacial score (nSPS) is 18.2. The Kier molecular flexibility index (Phi) is 7.57. The third kappa shape index (κ3) is 5.08. The lowest BCUT2D eigenvalue weighted by Crippen LogP contribution is -2.35. The van der Waals surface area contributed by atoms with Gasteiger partial charge in [-0.1, -0.05) is 36.4 Å². The minimum Gasteiger partial charge on any atom is -0.496 e. The van der Waals surface area contributed by atoms with Gasteiger partial charge in [0.2, 0.25) is 0 Å². The Morgan fingerprint density at radius 2 is 1.92 bits per heavy atom. The van der Waals surface area contributed by atoms with Crippen molar-refractivity contribution in [2.75, 3.05) is 13.7 Å². The number of nitrogens with one attached hydrogen (secondary N) is 3. The molecule has 3 unspecified atom stereocenters. The number of H-pyrrole nitrogens is 1. The number of amides is 1. The van der Waals surface area contributed by atoms with Crippen LogP contribution in [-0.2, 0) is 6.54 Å². The van der Waals surface area contributed by atoms with Gasteiger partial charge < -0.3 is 24.9 Å². The molecule has 7 nitrogen and oxygen atoms in total. The maximum atomic E-state index is 14.6. The average molecular weight is 531 g/mol. The zero-order valence-electron chi connectivity index (χ0n) is 22.8. The molecule has 1 saturated heterocycles. The maximum absolute atomic E-state index is 14.6.